The third-order valence-electron chi connectivity index (χ3n) is 4.73. The number of likely N-dealkylation sites (tertiary alicyclic amines) is 1. The fourth-order valence-electron chi connectivity index (χ4n) is 3.39. The third-order valence-corrected chi connectivity index (χ3v) is 4.73. The number of anilines is 1. The Labute approximate surface area is 145 Å². The molecule has 0 spiro atoms. The first-order valence-corrected chi connectivity index (χ1v) is 8.72. The molecule has 2 fully saturated rings. The molecule has 0 N–H and O–H groups in total. The van der Waals surface area contributed by atoms with Crippen LogP contribution in [0.2, 0.25) is 0 Å². The second kappa shape index (κ2) is 7.59. The summed E-state index contributed by atoms with van der Waals surface area (Å²) >= 11 is 0. The monoisotopic (exact) mass is 356 g/mol. The molecule has 2 saturated heterocycles. The predicted molar refractivity (Wildman–Crippen MR) is 88.7 cm³/mol. The van der Waals surface area contributed by atoms with Gasteiger partial charge in [0.25, 0.3) is 5.91 Å². The Bertz CT molecular complexity index is 594. The molecular weight excluding hydrogens is 333 g/mol. The Morgan fingerprint density at radius 1 is 1.04 bits per heavy atom. The summed E-state index contributed by atoms with van der Waals surface area (Å²) in [6.45, 7) is 2.33. The van der Waals surface area contributed by atoms with Crippen LogP contribution in [-0.4, -0.2) is 72.7 Å². The van der Waals surface area contributed by atoms with Gasteiger partial charge in [0.2, 0.25) is 0 Å². The molecule has 1 amide bonds. The highest BCUT2D eigenvalue weighted by atomic mass is 19.4. The maximum absolute atomic E-state index is 12.6. The van der Waals surface area contributed by atoms with E-state index in [-0.39, 0.29) is 5.91 Å². The van der Waals surface area contributed by atoms with Crippen LogP contribution in [0.4, 0.5) is 19.0 Å². The van der Waals surface area contributed by atoms with Crippen LogP contribution < -0.4 is 4.90 Å². The van der Waals surface area contributed by atoms with Gasteiger partial charge in [0, 0.05) is 51.0 Å². The van der Waals surface area contributed by atoms with Gasteiger partial charge in [-0.15, -0.1) is 0 Å². The van der Waals surface area contributed by atoms with Crippen molar-refractivity contribution in [2.75, 3.05) is 50.7 Å². The average Bonchev–Trinajstić information content (AvgIpc) is 2.61. The number of hydrogen-bond acceptors (Lipinski definition) is 4. The zero-order valence-corrected chi connectivity index (χ0v) is 14.1. The van der Waals surface area contributed by atoms with Gasteiger partial charge >= 0.3 is 6.18 Å². The van der Waals surface area contributed by atoms with Crippen molar-refractivity contribution >= 4 is 11.7 Å². The van der Waals surface area contributed by atoms with Crippen molar-refractivity contribution in [3.63, 3.8) is 0 Å². The fourth-order valence-corrected chi connectivity index (χ4v) is 3.39. The molecule has 5 nitrogen and oxygen atoms in total. The van der Waals surface area contributed by atoms with Gasteiger partial charge in [-0.1, -0.05) is 0 Å². The van der Waals surface area contributed by atoms with Gasteiger partial charge in [-0.05, 0) is 31.4 Å². The van der Waals surface area contributed by atoms with Crippen molar-refractivity contribution < 1.29 is 18.0 Å². The van der Waals surface area contributed by atoms with E-state index in [9.17, 15) is 18.0 Å². The highest BCUT2D eigenvalue weighted by Crippen LogP contribution is 2.21. The summed E-state index contributed by atoms with van der Waals surface area (Å²) in [4.78, 5) is 22.1. The van der Waals surface area contributed by atoms with Crippen molar-refractivity contribution in [3.8, 4) is 0 Å². The molecule has 0 radical (unpaired) electrons. The van der Waals surface area contributed by atoms with Crippen LogP contribution >= 0.6 is 0 Å². The molecule has 0 atom stereocenters. The summed E-state index contributed by atoms with van der Waals surface area (Å²) in [7, 11) is 0. The molecule has 0 aromatic carbocycles. The Morgan fingerprint density at radius 3 is 2.36 bits per heavy atom. The maximum atomic E-state index is 12.6. The maximum Gasteiger partial charge on any atom is 0.401 e. The minimum Gasteiger partial charge on any atom is -0.354 e. The lowest BCUT2D eigenvalue weighted by molar-refractivity contribution is -0.146. The van der Waals surface area contributed by atoms with Crippen LogP contribution in [0.25, 0.3) is 0 Å². The largest absolute Gasteiger partial charge is 0.401 e. The highest BCUT2D eigenvalue weighted by Gasteiger charge is 2.32. The van der Waals surface area contributed by atoms with Crippen LogP contribution in [0.3, 0.4) is 0 Å². The van der Waals surface area contributed by atoms with Crippen molar-refractivity contribution in [1.29, 1.82) is 0 Å². The number of pyridine rings is 1. The zero-order valence-electron chi connectivity index (χ0n) is 14.1. The number of hydrogen-bond donors (Lipinski definition) is 0. The molecule has 0 bridgehead atoms. The van der Waals surface area contributed by atoms with E-state index in [1.165, 1.54) is 4.90 Å². The number of carbonyl (C=O) groups is 1. The lowest BCUT2D eigenvalue weighted by Crippen LogP contribution is -2.49. The Balaban J connectivity index is 1.61. The number of halogens is 3. The van der Waals surface area contributed by atoms with E-state index in [2.05, 4.69) is 4.98 Å². The van der Waals surface area contributed by atoms with Crippen molar-refractivity contribution in [1.82, 2.24) is 14.8 Å². The van der Waals surface area contributed by atoms with Gasteiger partial charge in [-0.2, -0.15) is 13.2 Å². The summed E-state index contributed by atoms with van der Waals surface area (Å²) in [5, 5.41) is 0. The second-order valence-corrected chi connectivity index (χ2v) is 6.63. The highest BCUT2D eigenvalue weighted by molar-refractivity contribution is 5.94. The number of nitrogens with zero attached hydrogens (tertiary/aromatic N) is 4. The van der Waals surface area contributed by atoms with Gasteiger partial charge in [0.15, 0.2) is 0 Å². The lowest BCUT2D eigenvalue weighted by Gasteiger charge is -2.35. The van der Waals surface area contributed by atoms with E-state index in [1.807, 2.05) is 9.80 Å². The molecule has 25 heavy (non-hydrogen) atoms. The quantitative estimate of drug-likeness (QED) is 0.834. The fraction of sp³-hybridized carbons (Fsp3) is 0.647. The summed E-state index contributed by atoms with van der Waals surface area (Å²) in [5.74, 6) is 0.675. The number of carbonyl (C=O) groups excluding carboxylic acids is 1. The molecule has 138 valence electrons. The molecule has 0 unspecified atom stereocenters. The molecule has 2 aliphatic heterocycles. The number of alkyl halides is 3. The van der Waals surface area contributed by atoms with Crippen LogP contribution in [0.5, 0.6) is 0 Å². The zero-order chi connectivity index (χ0) is 17.9. The second-order valence-electron chi connectivity index (χ2n) is 6.63. The van der Waals surface area contributed by atoms with Gasteiger partial charge in [-0.3, -0.25) is 9.69 Å². The number of piperidine rings is 1. The number of aromatic nitrogens is 1. The normalized spacial score (nSPS) is 20.0. The van der Waals surface area contributed by atoms with Gasteiger partial charge in [0.1, 0.15) is 5.82 Å². The Kier molecular flexibility index (Phi) is 5.46. The third kappa shape index (κ3) is 4.84. The summed E-state index contributed by atoms with van der Waals surface area (Å²) in [6.07, 6.45) is 0.666. The first kappa shape index (κ1) is 18.0. The van der Waals surface area contributed by atoms with E-state index in [0.717, 1.165) is 32.4 Å². The number of piperazine rings is 1. The van der Waals surface area contributed by atoms with E-state index in [1.54, 1.807) is 18.3 Å². The first-order chi connectivity index (χ1) is 11.9. The molecule has 0 aliphatic carbocycles. The van der Waals surface area contributed by atoms with Crippen LogP contribution in [0.1, 0.15) is 29.6 Å². The molecule has 3 rings (SSSR count). The van der Waals surface area contributed by atoms with Gasteiger partial charge in [0.05, 0.1) is 6.54 Å². The summed E-state index contributed by atoms with van der Waals surface area (Å²) < 4.78 is 37.4. The van der Waals surface area contributed by atoms with Crippen LogP contribution in [-0.2, 0) is 0 Å². The molecule has 8 heteroatoms. The van der Waals surface area contributed by atoms with Crippen LogP contribution in [0.15, 0.2) is 18.3 Å². The van der Waals surface area contributed by atoms with E-state index in [0.29, 0.717) is 37.6 Å². The standard InChI is InChI=1S/C17H23F3N4O/c18-17(19,20)13-22-8-10-23(11-9-22)15-12-14(4-5-21-15)16(25)24-6-2-1-3-7-24/h4-5,12H,1-3,6-11,13H2. The molecule has 2 aliphatic rings. The average molecular weight is 356 g/mol. The first-order valence-electron chi connectivity index (χ1n) is 8.72. The lowest BCUT2D eigenvalue weighted by atomic mass is 10.1. The molecule has 1 aromatic heterocycles. The van der Waals surface area contributed by atoms with Crippen LogP contribution in [0, 0.1) is 0 Å². The van der Waals surface area contributed by atoms with E-state index >= 15 is 0 Å². The number of amides is 1. The molecular formula is C17H23F3N4O. The molecule has 3 heterocycles. The summed E-state index contributed by atoms with van der Waals surface area (Å²) in [5.41, 5.74) is 0.602. The van der Waals surface area contributed by atoms with Gasteiger partial charge < -0.3 is 9.80 Å². The van der Waals surface area contributed by atoms with Crippen molar-refractivity contribution in [3.05, 3.63) is 23.9 Å². The van der Waals surface area contributed by atoms with Crippen molar-refractivity contribution in [2.45, 2.75) is 25.4 Å². The van der Waals surface area contributed by atoms with E-state index in [4.69, 9.17) is 0 Å². The minimum absolute atomic E-state index is 0.0130. The molecule has 0 saturated carbocycles. The smallest absolute Gasteiger partial charge is 0.354 e. The topological polar surface area (TPSA) is 39.7 Å². The van der Waals surface area contributed by atoms with E-state index < -0.39 is 12.7 Å². The predicted octanol–water partition coefficient (Wildman–Crippen LogP) is 2.39. The Morgan fingerprint density at radius 2 is 1.72 bits per heavy atom. The van der Waals surface area contributed by atoms with Gasteiger partial charge in [-0.25, -0.2) is 4.98 Å². The number of rotatable bonds is 3. The SMILES string of the molecule is O=C(c1ccnc(N2CCN(CC(F)(F)F)CC2)c1)N1CCCCC1. The minimum atomic E-state index is -4.17. The summed E-state index contributed by atoms with van der Waals surface area (Å²) in [6, 6.07) is 3.47. The Hall–Kier alpha value is -1.83. The van der Waals surface area contributed by atoms with Crippen molar-refractivity contribution in [2.24, 2.45) is 0 Å². The molecule has 1 aromatic rings.